The van der Waals surface area contributed by atoms with E-state index in [2.05, 4.69) is 0 Å². The lowest BCUT2D eigenvalue weighted by atomic mass is 10.1. The number of benzene rings is 2. The highest BCUT2D eigenvalue weighted by molar-refractivity contribution is 5.90. The van der Waals surface area contributed by atoms with Crippen LogP contribution in [0.2, 0.25) is 0 Å². The number of aryl methyl sites for hydroxylation is 1. The third-order valence-corrected chi connectivity index (χ3v) is 3.01. The zero-order chi connectivity index (χ0) is 14.5. The summed E-state index contributed by atoms with van der Waals surface area (Å²) in [5.41, 5.74) is 8.62. The molecule has 2 N–H and O–H groups in total. The zero-order valence-corrected chi connectivity index (χ0v) is 11.6. The molecule has 2 aromatic carbocycles. The lowest BCUT2D eigenvalue weighted by Crippen LogP contribution is -2.06. The molecule has 4 heteroatoms. The van der Waals surface area contributed by atoms with Crippen molar-refractivity contribution in [3.8, 4) is 5.75 Å². The maximum absolute atomic E-state index is 11.9. The summed E-state index contributed by atoms with van der Waals surface area (Å²) in [6, 6.07) is 12.5. The maximum Gasteiger partial charge on any atom is 0.338 e. The highest BCUT2D eigenvalue weighted by Crippen LogP contribution is 2.16. The van der Waals surface area contributed by atoms with Gasteiger partial charge in [-0.05, 0) is 48.4 Å². The molecule has 0 aromatic heterocycles. The van der Waals surface area contributed by atoms with Crippen LogP contribution in [0.3, 0.4) is 0 Å². The number of carbonyl (C=O) groups is 1. The Hall–Kier alpha value is -2.49. The molecule has 0 aliphatic rings. The Kier molecular flexibility index (Phi) is 4.25. The van der Waals surface area contributed by atoms with Gasteiger partial charge in [-0.25, -0.2) is 4.79 Å². The Balaban J connectivity index is 2.02. The second-order valence-corrected chi connectivity index (χ2v) is 4.50. The zero-order valence-electron chi connectivity index (χ0n) is 11.6. The van der Waals surface area contributed by atoms with E-state index >= 15 is 0 Å². The molecule has 4 nitrogen and oxygen atoms in total. The highest BCUT2D eigenvalue weighted by Gasteiger charge is 2.08. The second-order valence-electron chi connectivity index (χ2n) is 4.50. The first-order valence-corrected chi connectivity index (χ1v) is 6.26. The van der Waals surface area contributed by atoms with Crippen LogP contribution in [-0.2, 0) is 11.3 Å². The molecule has 0 unspecified atom stereocenters. The molecule has 0 atom stereocenters. The largest absolute Gasteiger partial charge is 0.497 e. The van der Waals surface area contributed by atoms with Crippen LogP contribution in [0.1, 0.15) is 21.5 Å². The summed E-state index contributed by atoms with van der Waals surface area (Å²) in [5.74, 6) is 0.373. The van der Waals surface area contributed by atoms with Crippen molar-refractivity contribution in [1.29, 1.82) is 0 Å². The van der Waals surface area contributed by atoms with E-state index in [1.165, 1.54) is 0 Å². The van der Waals surface area contributed by atoms with E-state index < -0.39 is 0 Å². The summed E-state index contributed by atoms with van der Waals surface area (Å²) in [6.07, 6.45) is 0. The van der Waals surface area contributed by atoms with Crippen molar-refractivity contribution in [3.63, 3.8) is 0 Å². The van der Waals surface area contributed by atoms with E-state index in [-0.39, 0.29) is 12.6 Å². The number of hydrogen-bond acceptors (Lipinski definition) is 4. The first kappa shape index (κ1) is 13.9. The first-order chi connectivity index (χ1) is 9.60. The van der Waals surface area contributed by atoms with Gasteiger partial charge in [0, 0.05) is 5.69 Å². The average molecular weight is 271 g/mol. The van der Waals surface area contributed by atoms with Gasteiger partial charge in [-0.15, -0.1) is 0 Å². The van der Waals surface area contributed by atoms with Crippen molar-refractivity contribution in [2.24, 2.45) is 0 Å². The molecule has 0 aliphatic carbocycles. The molecule has 20 heavy (non-hydrogen) atoms. The molecule has 0 heterocycles. The fourth-order valence-electron chi connectivity index (χ4n) is 1.80. The molecule has 0 aliphatic heterocycles. The number of methoxy groups -OCH3 is 1. The van der Waals surface area contributed by atoms with Gasteiger partial charge in [0.05, 0.1) is 12.7 Å². The van der Waals surface area contributed by atoms with Gasteiger partial charge in [-0.3, -0.25) is 0 Å². The van der Waals surface area contributed by atoms with Gasteiger partial charge in [-0.1, -0.05) is 12.1 Å². The van der Waals surface area contributed by atoms with Crippen molar-refractivity contribution < 1.29 is 14.3 Å². The van der Waals surface area contributed by atoms with Crippen molar-refractivity contribution in [2.45, 2.75) is 13.5 Å². The number of esters is 1. The fraction of sp³-hybridized carbons (Fsp3) is 0.188. The normalized spacial score (nSPS) is 10.1. The van der Waals surface area contributed by atoms with Crippen molar-refractivity contribution in [2.75, 3.05) is 12.8 Å². The molecular weight excluding hydrogens is 254 g/mol. The van der Waals surface area contributed by atoms with E-state index in [9.17, 15) is 4.79 Å². The monoisotopic (exact) mass is 271 g/mol. The van der Waals surface area contributed by atoms with Crippen LogP contribution in [0, 0.1) is 6.92 Å². The molecule has 104 valence electrons. The van der Waals surface area contributed by atoms with Crippen LogP contribution < -0.4 is 10.5 Å². The highest BCUT2D eigenvalue weighted by atomic mass is 16.5. The Morgan fingerprint density at radius 3 is 2.70 bits per heavy atom. The van der Waals surface area contributed by atoms with Crippen molar-refractivity contribution in [3.05, 3.63) is 59.2 Å². The Labute approximate surface area is 118 Å². The topological polar surface area (TPSA) is 61.5 Å². The molecule has 0 saturated heterocycles. The van der Waals surface area contributed by atoms with Crippen LogP contribution in [0.15, 0.2) is 42.5 Å². The molecule has 0 bridgehead atoms. The van der Waals surface area contributed by atoms with Crippen LogP contribution in [0.25, 0.3) is 0 Å². The number of anilines is 1. The van der Waals surface area contributed by atoms with E-state index in [0.717, 1.165) is 16.9 Å². The van der Waals surface area contributed by atoms with Gasteiger partial charge >= 0.3 is 5.97 Å². The van der Waals surface area contributed by atoms with E-state index in [4.69, 9.17) is 15.2 Å². The first-order valence-electron chi connectivity index (χ1n) is 6.26. The van der Waals surface area contributed by atoms with Gasteiger partial charge < -0.3 is 15.2 Å². The van der Waals surface area contributed by atoms with Crippen LogP contribution >= 0.6 is 0 Å². The molecule has 0 amide bonds. The summed E-state index contributed by atoms with van der Waals surface area (Å²) >= 11 is 0. The number of nitrogen functional groups attached to an aromatic ring is 1. The summed E-state index contributed by atoms with van der Waals surface area (Å²) in [6.45, 7) is 2.06. The summed E-state index contributed by atoms with van der Waals surface area (Å²) < 4.78 is 10.4. The van der Waals surface area contributed by atoms with Gasteiger partial charge in [0.15, 0.2) is 0 Å². The van der Waals surface area contributed by atoms with Gasteiger partial charge in [0.1, 0.15) is 12.4 Å². The van der Waals surface area contributed by atoms with Gasteiger partial charge in [0.2, 0.25) is 0 Å². The third-order valence-electron chi connectivity index (χ3n) is 3.01. The lowest BCUT2D eigenvalue weighted by molar-refractivity contribution is 0.0472. The van der Waals surface area contributed by atoms with Crippen LogP contribution in [0.4, 0.5) is 5.69 Å². The van der Waals surface area contributed by atoms with E-state index in [1.54, 1.807) is 25.3 Å². The number of ether oxygens (including phenoxy) is 2. The molecule has 0 radical (unpaired) electrons. The molecule has 2 aromatic rings. The Morgan fingerprint density at radius 2 is 2.00 bits per heavy atom. The maximum atomic E-state index is 11.9. The van der Waals surface area contributed by atoms with Gasteiger partial charge in [0.25, 0.3) is 0 Å². The van der Waals surface area contributed by atoms with Crippen LogP contribution in [0.5, 0.6) is 5.75 Å². The minimum Gasteiger partial charge on any atom is -0.497 e. The molecular formula is C16H17NO3. The molecule has 0 spiro atoms. The molecule has 0 fully saturated rings. The SMILES string of the molecule is COc1cccc(COC(=O)c2ccc(N)c(C)c2)c1. The van der Waals surface area contributed by atoms with E-state index in [1.807, 2.05) is 31.2 Å². The molecule has 2 rings (SSSR count). The Morgan fingerprint density at radius 1 is 1.20 bits per heavy atom. The number of hydrogen-bond donors (Lipinski definition) is 1. The summed E-state index contributed by atoms with van der Waals surface area (Å²) in [7, 11) is 1.60. The average Bonchev–Trinajstić information content (AvgIpc) is 2.47. The number of nitrogens with two attached hydrogens (primary N) is 1. The van der Waals surface area contributed by atoms with Crippen LogP contribution in [-0.4, -0.2) is 13.1 Å². The minimum atomic E-state index is -0.365. The second kappa shape index (κ2) is 6.10. The van der Waals surface area contributed by atoms with Crippen molar-refractivity contribution in [1.82, 2.24) is 0 Å². The fourth-order valence-corrected chi connectivity index (χ4v) is 1.80. The van der Waals surface area contributed by atoms with Gasteiger partial charge in [-0.2, -0.15) is 0 Å². The Bertz CT molecular complexity index is 623. The lowest BCUT2D eigenvalue weighted by Gasteiger charge is -2.08. The third kappa shape index (κ3) is 3.29. The predicted octanol–water partition coefficient (Wildman–Crippen LogP) is 2.94. The van der Waals surface area contributed by atoms with E-state index in [0.29, 0.717) is 11.3 Å². The minimum absolute atomic E-state index is 0.208. The predicted molar refractivity (Wildman–Crippen MR) is 77.7 cm³/mol. The smallest absolute Gasteiger partial charge is 0.338 e. The number of carbonyl (C=O) groups excluding carboxylic acids is 1. The number of rotatable bonds is 4. The summed E-state index contributed by atoms with van der Waals surface area (Å²) in [4.78, 5) is 11.9. The van der Waals surface area contributed by atoms with Crippen molar-refractivity contribution >= 4 is 11.7 Å². The standard InChI is InChI=1S/C16H17NO3/c1-11-8-13(6-7-15(11)17)16(18)20-10-12-4-3-5-14(9-12)19-2/h3-9H,10,17H2,1-2H3. The summed E-state index contributed by atoms with van der Waals surface area (Å²) in [5, 5.41) is 0. The quantitative estimate of drug-likeness (QED) is 0.686. The molecule has 0 saturated carbocycles.